The van der Waals surface area contributed by atoms with Crippen LogP contribution in [0.3, 0.4) is 0 Å². The third-order valence-electron chi connectivity index (χ3n) is 14.8. The maximum atomic E-state index is 15.2. The van der Waals surface area contributed by atoms with Crippen LogP contribution >= 0.6 is 9.47 Å². The minimum Gasteiger partial charge on any atom is -0.380 e. The second kappa shape index (κ2) is 20.0. The monoisotopic (exact) mass is 1040 g/mol. The van der Waals surface area contributed by atoms with E-state index in [0.717, 1.165) is 61.6 Å². The summed E-state index contributed by atoms with van der Waals surface area (Å²) in [4.78, 5) is 72.7. The van der Waals surface area contributed by atoms with Gasteiger partial charge in [-0.25, -0.2) is 9.80 Å². The summed E-state index contributed by atoms with van der Waals surface area (Å²) in [6, 6.07) is 85.3. The van der Waals surface area contributed by atoms with Crippen molar-refractivity contribution in [2.24, 2.45) is 0 Å². The minimum absolute atomic E-state index is 0.228. The maximum Gasteiger partial charge on any atom is 0.266 e. The van der Waals surface area contributed by atoms with E-state index in [0.29, 0.717) is 33.3 Å². The lowest BCUT2D eigenvalue weighted by atomic mass is 9.81. The van der Waals surface area contributed by atoms with Gasteiger partial charge < -0.3 is 19.3 Å². The topological polar surface area (TPSA) is 106 Å². The largest absolute Gasteiger partial charge is 0.380 e. The van der Waals surface area contributed by atoms with Crippen LogP contribution in [0.1, 0.15) is 41.4 Å². The molecule has 0 spiro atoms. The van der Waals surface area contributed by atoms with Crippen molar-refractivity contribution in [2.45, 2.75) is 0 Å². The summed E-state index contributed by atoms with van der Waals surface area (Å²) in [5.41, 5.74) is 11.8. The molecule has 14 rings (SSSR count). The lowest BCUT2D eigenvalue weighted by Gasteiger charge is -2.33. The van der Waals surface area contributed by atoms with E-state index in [1.807, 2.05) is 60.7 Å². The number of hydrogen-bond donors (Lipinski definition) is 1. The fourth-order valence-electron chi connectivity index (χ4n) is 11.4. The number of anilines is 8. The normalized spacial score (nSPS) is 12.7. The molecular formula is C68H46N5O5P. The van der Waals surface area contributed by atoms with Gasteiger partial charge in [0.25, 0.3) is 23.6 Å². The number of imide groups is 2. The van der Waals surface area contributed by atoms with Crippen LogP contribution < -0.4 is 19.6 Å². The van der Waals surface area contributed by atoms with Gasteiger partial charge in [0.05, 0.1) is 28.0 Å². The zero-order chi connectivity index (χ0) is 53.7. The van der Waals surface area contributed by atoms with Crippen LogP contribution in [-0.4, -0.2) is 33.1 Å². The standard InChI is InChI=1S/C68H43N5O4.H3OP/c74-65-54-37-38-55-63-62(54)59(67(76)72(65)49-27-15-5-16-28-49)43-56(64(63)68(77)73(66(55)75)50-29-17-6-18-30-50)44-31-33-51(34-32-44)71-60-39-35-52(69(45-19-7-1-8-20-45)46-21-9-2-10-22-46)41-57(60)58-42-53(36-40-61(58)71)70(47-23-11-3-12-24-47)48-25-13-4-14-26-48;1-2/h1-43H;1H,2H2. The van der Waals surface area contributed by atoms with E-state index in [9.17, 15) is 14.4 Å². The number of benzene rings is 11. The third-order valence-corrected chi connectivity index (χ3v) is 14.8. The molecule has 0 bridgehead atoms. The van der Waals surface area contributed by atoms with Crippen molar-refractivity contribution in [2.75, 3.05) is 19.6 Å². The second-order valence-electron chi connectivity index (χ2n) is 19.1. The van der Waals surface area contributed by atoms with Crippen molar-refractivity contribution >= 4 is 111 Å². The van der Waals surface area contributed by atoms with E-state index >= 15 is 4.79 Å². The van der Waals surface area contributed by atoms with Gasteiger partial charge in [0.1, 0.15) is 0 Å². The molecule has 11 heteroatoms. The van der Waals surface area contributed by atoms with Gasteiger partial charge in [-0.05, 0) is 160 Å². The molecule has 0 aliphatic carbocycles. The molecule has 1 unspecified atom stereocenters. The van der Waals surface area contributed by atoms with Crippen LogP contribution in [0.4, 0.5) is 45.5 Å². The van der Waals surface area contributed by atoms with Crippen LogP contribution in [0.15, 0.2) is 261 Å². The Bertz CT molecular complexity index is 4130. The number of amides is 4. The van der Waals surface area contributed by atoms with Gasteiger partial charge in [0.15, 0.2) is 0 Å². The Morgan fingerprint density at radius 3 is 1.09 bits per heavy atom. The molecule has 12 aromatic rings. The van der Waals surface area contributed by atoms with Gasteiger partial charge in [-0.2, -0.15) is 0 Å². The summed E-state index contributed by atoms with van der Waals surface area (Å²) in [6.07, 6.45) is 0. The van der Waals surface area contributed by atoms with Crippen LogP contribution in [-0.2, 0) is 0 Å². The molecule has 2 aliphatic heterocycles. The molecule has 3 heterocycles. The summed E-state index contributed by atoms with van der Waals surface area (Å²) in [6.45, 7) is 0. The van der Waals surface area contributed by atoms with Crippen molar-refractivity contribution in [3.8, 4) is 16.8 Å². The molecule has 0 saturated heterocycles. The molecular weight excluding hydrogens is 998 g/mol. The van der Waals surface area contributed by atoms with Gasteiger partial charge in [0, 0.05) is 78.0 Å². The van der Waals surface area contributed by atoms with Crippen molar-refractivity contribution in [1.29, 1.82) is 0 Å². The smallest absolute Gasteiger partial charge is 0.266 e. The number of aromatic nitrogens is 1. The Hall–Kier alpha value is -10.3. The predicted molar refractivity (Wildman–Crippen MR) is 320 cm³/mol. The average molecular weight is 1040 g/mol. The van der Waals surface area contributed by atoms with Crippen molar-refractivity contribution < 1.29 is 24.1 Å². The van der Waals surface area contributed by atoms with E-state index in [2.05, 4.69) is 148 Å². The van der Waals surface area contributed by atoms with Crippen LogP contribution in [0.25, 0.3) is 49.4 Å². The Kier molecular flexibility index (Phi) is 12.3. The molecule has 0 saturated carbocycles. The van der Waals surface area contributed by atoms with E-state index in [1.165, 1.54) is 19.3 Å². The van der Waals surface area contributed by atoms with Gasteiger partial charge >= 0.3 is 0 Å². The highest BCUT2D eigenvalue weighted by atomic mass is 31.0. The fraction of sp³-hybridized carbons (Fsp3) is 0. The SMILES string of the molecule is O=C1c2ccc3c4c(c(-c5ccc(-n6c7ccc(N(c8ccccc8)c8ccccc8)cc7c7cc(N(c8ccccc8)c8ccccc8)ccc76)cc5)cc(c24)C(=O)N1c1ccccc1)C(=O)N(c1ccccc1)C3=O.OP. The summed E-state index contributed by atoms with van der Waals surface area (Å²) in [5.74, 6) is -2.15. The Morgan fingerprint density at radius 1 is 0.304 bits per heavy atom. The summed E-state index contributed by atoms with van der Waals surface area (Å²) < 4.78 is 2.26. The van der Waals surface area contributed by atoms with E-state index in [1.54, 1.807) is 66.7 Å². The first-order chi connectivity index (χ1) is 38.9. The van der Waals surface area contributed by atoms with E-state index < -0.39 is 23.6 Å². The first-order valence-electron chi connectivity index (χ1n) is 25.7. The van der Waals surface area contributed by atoms with Gasteiger partial charge in [0.2, 0.25) is 0 Å². The zero-order valence-electron chi connectivity index (χ0n) is 42.2. The first-order valence-corrected chi connectivity index (χ1v) is 26.2. The number of nitrogens with zero attached hydrogens (tertiary/aromatic N) is 5. The summed E-state index contributed by atoms with van der Waals surface area (Å²) in [7, 11) is 1.42. The first kappa shape index (κ1) is 48.4. The number of rotatable bonds is 10. The van der Waals surface area contributed by atoms with Crippen LogP contribution in [0.5, 0.6) is 0 Å². The molecule has 1 atom stereocenters. The molecule has 2 aliphatic rings. The Labute approximate surface area is 457 Å². The molecule has 378 valence electrons. The van der Waals surface area contributed by atoms with Gasteiger partial charge in [-0.15, -0.1) is 0 Å². The molecule has 1 N–H and O–H groups in total. The van der Waals surface area contributed by atoms with E-state index in [-0.39, 0.29) is 22.3 Å². The van der Waals surface area contributed by atoms with Crippen molar-refractivity contribution in [1.82, 2.24) is 4.57 Å². The predicted octanol–water partition coefficient (Wildman–Crippen LogP) is 15.9. The highest BCUT2D eigenvalue weighted by Gasteiger charge is 2.42. The Balaban J connectivity index is 0.00000293. The third kappa shape index (κ3) is 8.05. The van der Waals surface area contributed by atoms with E-state index in [4.69, 9.17) is 4.89 Å². The highest BCUT2D eigenvalue weighted by Crippen LogP contribution is 2.46. The molecule has 10 nitrogen and oxygen atoms in total. The van der Waals surface area contributed by atoms with Gasteiger partial charge in [-0.3, -0.25) is 19.2 Å². The number of para-hydroxylation sites is 6. The van der Waals surface area contributed by atoms with Crippen molar-refractivity contribution in [3.63, 3.8) is 0 Å². The lowest BCUT2D eigenvalue weighted by molar-refractivity contribution is 0.0873. The minimum atomic E-state index is -0.545. The average Bonchev–Trinajstić information content (AvgIpc) is 4.00. The highest BCUT2D eigenvalue weighted by molar-refractivity contribution is 7.08. The number of hydrogen-bond acceptors (Lipinski definition) is 7. The van der Waals surface area contributed by atoms with Gasteiger partial charge in [-0.1, -0.05) is 121 Å². The van der Waals surface area contributed by atoms with Crippen LogP contribution in [0.2, 0.25) is 0 Å². The molecule has 11 aromatic carbocycles. The van der Waals surface area contributed by atoms with Crippen molar-refractivity contribution in [3.05, 3.63) is 283 Å². The molecule has 0 fully saturated rings. The zero-order valence-corrected chi connectivity index (χ0v) is 43.4. The molecule has 0 radical (unpaired) electrons. The number of carbonyl (C=O) groups excluding carboxylic acids is 4. The number of carbonyl (C=O) groups is 4. The molecule has 1 aromatic heterocycles. The number of fused-ring (bicyclic) bond motifs is 3. The molecule has 79 heavy (non-hydrogen) atoms. The molecule has 4 amide bonds. The maximum absolute atomic E-state index is 15.2. The summed E-state index contributed by atoms with van der Waals surface area (Å²) >= 11 is 0. The summed E-state index contributed by atoms with van der Waals surface area (Å²) in [5, 5.41) is 2.67. The van der Waals surface area contributed by atoms with Crippen LogP contribution in [0, 0.1) is 0 Å². The fourth-order valence-corrected chi connectivity index (χ4v) is 11.4. The lowest BCUT2D eigenvalue weighted by Crippen LogP contribution is -2.43. The second-order valence-corrected chi connectivity index (χ2v) is 19.1. The quantitative estimate of drug-likeness (QED) is 0.107. The Morgan fingerprint density at radius 2 is 0.671 bits per heavy atom.